The minimum Gasteiger partial charge on any atom is -0.253 e. The predicted molar refractivity (Wildman–Crippen MR) is 90.5 cm³/mol. The summed E-state index contributed by atoms with van der Waals surface area (Å²) >= 11 is 0. The lowest BCUT2D eigenvalue weighted by molar-refractivity contribution is 0.429. The van der Waals surface area contributed by atoms with E-state index in [9.17, 15) is 0 Å². The van der Waals surface area contributed by atoms with Gasteiger partial charge in [-0.25, -0.2) is 0 Å². The molecule has 1 fully saturated rings. The Kier molecular flexibility index (Phi) is 5.37. The van der Waals surface area contributed by atoms with Crippen LogP contribution in [0.4, 0.5) is 5.69 Å². The highest BCUT2D eigenvalue weighted by Crippen LogP contribution is 2.35. The van der Waals surface area contributed by atoms with Gasteiger partial charge in [0.1, 0.15) is 0 Å². The van der Waals surface area contributed by atoms with Crippen molar-refractivity contribution in [3.8, 4) is 0 Å². The molecule has 0 saturated heterocycles. The Morgan fingerprint density at radius 2 is 1.29 bits per heavy atom. The van der Waals surface area contributed by atoms with Crippen LogP contribution >= 0.6 is 0 Å². The van der Waals surface area contributed by atoms with E-state index in [1.165, 1.54) is 87.6 Å². The Labute approximate surface area is 129 Å². The van der Waals surface area contributed by atoms with Crippen molar-refractivity contribution in [2.45, 2.75) is 70.6 Å². The number of rotatable bonds is 1. The molecular weight excluding hydrogens is 254 g/mol. The van der Waals surface area contributed by atoms with Gasteiger partial charge in [0.15, 0.2) is 0 Å². The molecular formula is C20H28N. The first-order valence-corrected chi connectivity index (χ1v) is 8.96. The smallest absolute Gasteiger partial charge is 0.0706 e. The van der Waals surface area contributed by atoms with Gasteiger partial charge in [-0.3, -0.25) is 5.32 Å². The Morgan fingerprint density at radius 3 is 1.90 bits per heavy atom. The first-order chi connectivity index (χ1) is 10.4. The molecule has 1 aromatic rings. The van der Waals surface area contributed by atoms with Crippen LogP contribution in [0.2, 0.25) is 0 Å². The molecule has 1 saturated carbocycles. The van der Waals surface area contributed by atoms with Crippen molar-refractivity contribution < 1.29 is 0 Å². The van der Waals surface area contributed by atoms with E-state index in [0.717, 1.165) is 0 Å². The molecule has 1 heterocycles. The van der Waals surface area contributed by atoms with Crippen LogP contribution in [-0.2, 0) is 0 Å². The van der Waals surface area contributed by atoms with Gasteiger partial charge in [-0.05, 0) is 25.0 Å². The van der Waals surface area contributed by atoms with Crippen molar-refractivity contribution in [1.29, 1.82) is 0 Å². The first-order valence-electron chi connectivity index (χ1n) is 8.96. The molecule has 0 atom stereocenters. The van der Waals surface area contributed by atoms with Gasteiger partial charge in [0.2, 0.25) is 0 Å². The molecule has 113 valence electrons. The third-order valence-electron chi connectivity index (χ3n) is 5.01. The summed E-state index contributed by atoms with van der Waals surface area (Å²) in [7, 11) is 0. The average Bonchev–Trinajstić information content (AvgIpc) is 2.91. The summed E-state index contributed by atoms with van der Waals surface area (Å²) in [4.78, 5) is 0. The van der Waals surface area contributed by atoms with E-state index in [1.54, 1.807) is 0 Å². The fourth-order valence-corrected chi connectivity index (χ4v) is 3.71. The van der Waals surface area contributed by atoms with Gasteiger partial charge in [-0.1, -0.05) is 76.0 Å². The SMILES string of the molecule is C1=C(C2CCCCCCCCCCC2)[N]c2ccccc21. The van der Waals surface area contributed by atoms with Crippen molar-refractivity contribution in [2.75, 3.05) is 0 Å². The number of benzene rings is 1. The molecule has 1 nitrogen and oxygen atoms in total. The summed E-state index contributed by atoms with van der Waals surface area (Å²) in [6.45, 7) is 0. The molecule has 1 radical (unpaired) electrons. The summed E-state index contributed by atoms with van der Waals surface area (Å²) in [6.07, 6.45) is 17.8. The summed E-state index contributed by atoms with van der Waals surface area (Å²) in [5, 5.41) is 4.90. The Bertz CT molecular complexity index is 462. The Hall–Kier alpha value is -1.24. The third kappa shape index (κ3) is 4.12. The van der Waals surface area contributed by atoms with Crippen LogP contribution in [0.15, 0.2) is 30.0 Å². The minimum atomic E-state index is 0.692. The lowest BCUT2D eigenvalue weighted by Crippen LogP contribution is -2.09. The van der Waals surface area contributed by atoms with Gasteiger partial charge in [0.05, 0.1) is 5.69 Å². The van der Waals surface area contributed by atoms with Gasteiger partial charge in [-0.2, -0.15) is 0 Å². The molecule has 0 aromatic heterocycles. The summed E-state index contributed by atoms with van der Waals surface area (Å²) < 4.78 is 0. The highest BCUT2D eigenvalue weighted by Gasteiger charge is 2.21. The van der Waals surface area contributed by atoms with E-state index in [0.29, 0.717) is 5.92 Å². The van der Waals surface area contributed by atoms with Crippen LogP contribution < -0.4 is 5.32 Å². The molecule has 0 N–H and O–H groups in total. The zero-order valence-electron chi connectivity index (χ0n) is 13.2. The molecule has 1 aliphatic heterocycles. The molecule has 1 aliphatic carbocycles. The van der Waals surface area contributed by atoms with E-state index in [2.05, 4.69) is 30.3 Å². The molecule has 0 spiro atoms. The number of fused-ring (bicyclic) bond motifs is 1. The van der Waals surface area contributed by atoms with Crippen molar-refractivity contribution in [2.24, 2.45) is 5.92 Å². The Morgan fingerprint density at radius 1 is 0.714 bits per heavy atom. The molecule has 0 amide bonds. The number of para-hydroxylation sites is 1. The van der Waals surface area contributed by atoms with Gasteiger partial charge >= 0.3 is 0 Å². The van der Waals surface area contributed by atoms with Crippen LogP contribution in [0.3, 0.4) is 0 Å². The number of hydrogen-bond acceptors (Lipinski definition) is 0. The van der Waals surface area contributed by atoms with Gasteiger partial charge in [0, 0.05) is 17.2 Å². The van der Waals surface area contributed by atoms with E-state index < -0.39 is 0 Å². The zero-order chi connectivity index (χ0) is 14.3. The normalized spacial score (nSPS) is 21.6. The largest absolute Gasteiger partial charge is 0.253 e. The zero-order valence-corrected chi connectivity index (χ0v) is 13.2. The maximum absolute atomic E-state index is 4.90. The van der Waals surface area contributed by atoms with Crippen LogP contribution in [0.5, 0.6) is 0 Å². The summed E-state index contributed by atoms with van der Waals surface area (Å²) in [5.74, 6) is 0.692. The molecule has 1 aromatic carbocycles. The van der Waals surface area contributed by atoms with E-state index in [1.807, 2.05) is 0 Å². The van der Waals surface area contributed by atoms with Crippen molar-refractivity contribution in [3.63, 3.8) is 0 Å². The monoisotopic (exact) mass is 282 g/mol. The topological polar surface area (TPSA) is 14.1 Å². The van der Waals surface area contributed by atoms with E-state index in [4.69, 9.17) is 5.32 Å². The predicted octanol–water partition coefficient (Wildman–Crippen LogP) is 6.20. The number of allylic oxidation sites excluding steroid dienone is 1. The Balaban J connectivity index is 1.62. The fraction of sp³-hybridized carbons (Fsp3) is 0.600. The van der Waals surface area contributed by atoms with Crippen molar-refractivity contribution in [1.82, 2.24) is 5.32 Å². The first kappa shape index (κ1) is 14.7. The van der Waals surface area contributed by atoms with Gasteiger partial charge in [-0.15, -0.1) is 0 Å². The number of hydrogen-bond donors (Lipinski definition) is 0. The van der Waals surface area contributed by atoms with Gasteiger partial charge in [0.25, 0.3) is 0 Å². The fourth-order valence-electron chi connectivity index (χ4n) is 3.71. The standard InChI is InChI=1S/C20H28N/c1-2-4-6-8-12-17(13-9-7-5-3-1)20-16-18-14-10-11-15-19(18)21-20/h10-11,14-17H,1-9,12-13H2. The van der Waals surface area contributed by atoms with E-state index >= 15 is 0 Å². The summed E-state index contributed by atoms with van der Waals surface area (Å²) in [6, 6.07) is 8.56. The molecule has 0 unspecified atom stereocenters. The quantitative estimate of drug-likeness (QED) is 0.582. The second kappa shape index (κ2) is 7.68. The average molecular weight is 282 g/mol. The second-order valence-electron chi connectivity index (χ2n) is 6.70. The maximum Gasteiger partial charge on any atom is 0.0706 e. The maximum atomic E-state index is 4.90. The second-order valence-corrected chi connectivity index (χ2v) is 6.70. The molecule has 3 rings (SSSR count). The lowest BCUT2D eigenvalue weighted by Gasteiger charge is -2.18. The highest BCUT2D eigenvalue weighted by molar-refractivity contribution is 5.71. The molecule has 0 bridgehead atoms. The summed E-state index contributed by atoms with van der Waals surface area (Å²) in [5.41, 5.74) is 3.85. The minimum absolute atomic E-state index is 0.692. The van der Waals surface area contributed by atoms with Crippen molar-refractivity contribution >= 4 is 11.8 Å². The van der Waals surface area contributed by atoms with Crippen LogP contribution in [0, 0.1) is 5.92 Å². The lowest BCUT2D eigenvalue weighted by atomic mass is 9.90. The van der Waals surface area contributed by atoms with E-state index in [-0.39, 0.29) is 0 Å². The van der Waals surface area contributed by atoms with Crippen LogP contribution in [0.1, 0.15) is 76.2 Å². The number of nitrogens with zero attached hydrogens (tertiary/aromatic N) is 1. The van der Waals surface area contributed by atoms with Gasteiger partial charge < -0.3 is 0 Å². The van der Waals surface area contributed by atoms with Crippen LogP contribution in [0.25, 0.3) is 6.08 Å². The third-order valence-corrected chi connectivity index (χ3v) is 5.01. The molecule has 21 heavy (non-hydrogen) atoms. The highest BCUT2D eigenvalue weighted by atomic mass is 14.9. The molecule has 2 aliphatic rings. The van der Waals surface area contributed by atoms with Crippen molar-refractivity contribution in [3.05, 3.63) is 35.5 Å². The molecule has 1 heteroatoms. The van der Waals surface area contributed by atoms with Crippen LogP contribution in [-0.4, -0.2) is 0 Å².